The molecule has 4 aliphatic carbocycles. The molecule has 3 heteroatoms. The summed E-state index contributed by atoms with van der Waals surface area (Å²) in [5, 5.41) is 0. The number of rotatable bonds is 6. The van der Waals surface area contributed by atoms with Gasteiger partial charge in [-0.1, -0.05) is 78.9 Å². The van der Waals surface area contributed by atoms with Crippen LogP contribution in [0.25, 0.3) is 0 Å². The molecule has 0 aromatic carbocycles. The summed E-state index contributed by atoms with van der Waals surface area (Å²) in [7, 11) is 0. The van der Waals surface area contributed by atoms with Crippen molar-refractivity contribution in [1.82, 2.24) is 0 Å². The first-order chi connectivity index (χ1) is 17.4. The summed E-state index contributed by atoms with van der Waals surface area (Å²) in [6.07, 6.45) is 10.9. The summed E-state index contributed by atoms with van der Waals surface area (Å²) in [4.78, 5) is 26.9. The number of ketones is 1. The molecule has 0 aliphatic heterocycles. The van der Waals surface area contributed by atoms with Crippen LogP contribution in [0.15, 0.2) is 11.1 Å². The minimum absolute atomic E-state index is 0.0388. The van der Waals surface area contributed by atoms with Gasteiger partial charge in [0.1, 0.15) is 11.9 Å². The van der Waals surface area contributed by atoms with Crippen LogP contribution in [0.5, 0.6) is 0 Å². The number of Topliss-reactive ketones (excluding diaryl/α,β-unsaturated/α-hetero) is 1. The van der Waals surface area contributed by atoms with Crippen molar-refractivity contribution in [2.24, 2.45) is 50.7 Å². The predicted octanol–water partition coefficient (Wildman–Crippen LogP) is 9.34. The lowest BCUT2D eigenvalue weighted by molar-refractivity contribution is -0.178. The topological polar surface area (TPSA) is 43.4 Å². The monoisotopic (exact) mass is 526 g/mol. The van der Waals surface area contributed by atoms with E-state index in [1.165, 1.54) is 24.8 Å². The molecule has 38 heavy (non-hydrogen) atoms. The van der Waals surface area contributed by atoms with Crippen molar-refractivity contribution in [2.45, 2.75) is 146 Å². The summed E-state index contributed by atoms with van der Waals surface area (Å²) in [6, 6.07) is 0. The molecule has 0 N–H and O–H groups in total. The van der Waals surface area contributed by atoms with E-state index in [9.17, 15) is 9.59 Å². The molecule has 0 saturated heterocycles. The van der Waals surface area contributed by atoms with E-state index in [-0.39, 0.29) is 33.7 Å². The Morgan fingerprint density at radius 1 is 0.947 bits per heavy atom. The molecule has 0 aromatic rings. The largest absolute Gasteiger partial charge is 0.461 e. The smallest absolute Gasteiger partial charge is 0.311 e. The van der Waals surface area contributed by atoms with E-state index in [0.717, 1.165) is 50.9 Å². The van der Waals surface area contributed by atoms with Crippen molar-refractivity contribution in [3.05, 3.63) is 11.1 Å². The lowest BCUT2D eigenvalue weighted by Gasteiger charge is -2.62. The number of carbonyl (C=O) groups is 2. The molecule has 2 fully saturated rings. The average Bonchev–Trinajstić information content (AvgIpc) is 3.01. The van der Waals surface area contributed by atoms with Gasteiger partial charge in [-0.25, -0.2) is 0 Å². The van der Waals surface area contributed by atoms with Gasteiger partial charge in [-0.05, 0) is 101 Å². The Kier molecular flexibility index (Phi) is 7.67. The van der Waals surface area contributed by atoms with Crippen molar-refractivity contribution in [2.75, 3.05) is 0 Å². The maximum Gasteiger partial charge on any atom is 0.311 e. The lowest BCUT2D eigenvalue weighted by Crippen LogP contribution is -2.56. The molecule has 4 rings (SSSR count). The second kappa shape index (κ2) is 9.76. The lowest BCUT2D eigenvalue weighted by atomic mass is 9.43. The number of hydrogen-bond acceptors (Lipinski definition) is 3. The first-order valence-corrected chi connectivity index (χ1v) is 15.9. The number of ether oxygens (including phenoxy) is 1. The van der Waals surface area contributed by atoms with E-state index < -0.39 is 5.41 Å². The van der Waals surface area contributed by atoms with Gasteiger partial charge >= 0.3 is 5.97 Å². The Hall–Kier alpha value is -1.12. The second-order valence-electron chi connectivity index (χ2n) is 16.5. The second-order valence-corrected chi connectivity index (χ2v) is 16.5. The number of hydrogen-bond donors (Lipinski definition) is 0. The van der Waals surface area contributed by atoms with Crippen molar-refractivity contribution in [1.29, 1.82) is 0 Å². The minimum Gasteiger partial charge on any atom is -0.461 e. The third-order valence-electron chi connectivity index (χ3n) is 12.6. The van der Waals surface area contributed by atoms with Crippen LogP contribution in [0.2, 0.25) is 0 Å². The Morgan fingerprint density at radius 3 is 2.21 bits per heavy atom. The molecule has 7 atom stereocenters. The van der Waals surface area contributed by atoms with Gasteiger partial charge in [0, 0.05) is 11.8 Å². The fraction of sp³-hybridized carbons (Fsp3) is 0.886. The number of allylic oxidation sites excluding steroid dienone is 2. The van der Waals surface area contributed by atoms with Crippen molar-refractivity contribution >= 4 is 11.8 Å². The van der Waals surface area contributed by atoms with E-state index in [1.54, 1.807) is 5.57 Å². The van der Waals surface area contributed by atoms with Gasteiger partial charge in [0.05, 0.1) is 10.8 Å². The highest BCUT2D eigenvalue weighted by molar-refractivity contribution is 5.92. The fourth-order valence-electron chi connectivity index (χ4n) is 9.89. The van der Waals surface area contributed by atoms with Crippen molar-refractivity contribution in [3.8, 4) is 0 Å². The zero-order valence-corrected chi connectivity index (χ0v) is 26.7. The molecular formula is C35H58O3. The summed E-state index contributed by atoms with van der Waals surface area (Å²) >= 11 is 0. The maximum atomic E-state index is 14.1. The predicted molar refractivity (Wildman–Crippen MR) is 157 cm³/mol. The van der Waals surface area contributed by atoms with Gasteiger partial charge in [-0.2, -0.15) is 0 Å². The Bertz CT molecular complexity index is 980. The standard InChI is InChI=1S/C35H58O3/c1-22(2)13-12-14-23(3)26-21-28(36)35(11)25-15-16-27-32(7,8)29(38-30(37)31(4,5)6)18-19-33(27,9)24(25)17-20-34(26,35)10/h22-23,26-27,29H,12-21H2,1-11H3/t23-,26-,27+,29+,33-,34-,35-/m1/s1. The third kappa shape index (κ3) is 4.45. The van der Waals surface area contributed by atoms with Gasteiger partial charge in [0.25, 0.3) is 0 Å². The van der Waals surface area contributed by atoms with Crippen LogP contribution in [0, 0.1) is 50.7 Å². The average molecular weight is 527 g/mol. The van der Waals surface area contributed by atoms with E-state index in [2.05, 4.69) is 55.4 Å². The zero-order chi connectivity index (χ0) is 28.5. The maximum absolute atomic E-state index is 14.1. The molecule has 0 aromatic heterocycles. The molecule has 0 heterocycles. The molecule has 0 spiro atoms. The molecule has 3 nitrogen and oxygen atoms in total. The van der Waals surface area contributed by atoms with Crippen LogP contribution in [0.4, 0.5) is 0 Å². The first-order valence-electron chi connectivity index (χ1n) is 15.9. The van der Waals surface area contributed by atoms with Crippen molar-refractivity contribution in [3.63, 3.8) is 0 Å². The Labute approximate surface area is 234 Å². The van der Waals surface area contributed by atoms with Gasteiger partial charge < -0.3 is 4.74 Å². The Balaban J connectivity index is 1.63. The SMILES string of the molecule is CC(C)CCC[C@@H](C)[C@H]1CC(=O)[C@@]2(C)C3=C(CC[C@]12C)[C@@]1(C)CC[C@H](OC(=O)C(C)(C)C)C(C)(C)[C@@H]1CC3. The normalized spacial score (nSPS) is 39.5. The molecular weight excluding hydrogens is 468 g/mol. The van der Waals surface area contributed by atoms with Crippen LogP contribution >= 0.6 is 0 Å². The van der Waals surface area contributed by atoms with E-state index >= 15 is 0 Å². The highest BCUT2D eigenvalue weighted by Crippen LogP contribution is 2.71. The molecule has 0 unspecified atom stereocenters. The fourth-order valence-corrected chi connectivity index (χ4v) is 9.89. The highest BCUT2D eigenvalue weighted by Gasteiger charge is 2.67. The molecule has 0 amide bonds. The molecule has 0 bridgehead atoms. The van der Waals surface area contributed by atoms with E-state index in [1.807, 2.05) is 20.8 Å². The first kappa shape index (κ1) is 29.9. The van der Waals surface area contributed by atoms with E-state index in [0.29, 0.717) is 23.5 Å². The molecule has 2 saturated carbocycles. The van der Waals surface area contributed by atoms with Crippen LogP contribution in [0.1, 0.15) is 140 Å². The van der Waals surface area contributed by atoms with Gasteiger partial charge in [-0.15, -0.1) is 0 Å². The molecule has 216 valence electrons. The van der Waals surface area contributed by atoms with Crippen LogP contribution in [0.3, 0.4) is 0 Å². The van der Waals surface area contributed by atoms with Gasteiger partial charge in [-0.3, -0.25) is 9.59 Å². The quantitative estimate of drug-likeness (QED) is 0.256. The summed E-state index contributed by atoms with van der Waals surface area (Å²) in [6.45, 7) is 24.9. The third-order valence-corrected chi connectivity index (χ3v) is 12.6. The number of fused-ring (bicyclic) bond motifs is 4. The molecule has 0 radical (unpaired) electrons. The summed E-state index contributed by atoms with van der Waals surface area (Å²) in [5.41, 5.74) is 2.42. The van der Waals surface area contributed by atoms with Crippen molar-refractivity contribution < 1.29 is 14.3 Å². The van der Waals surface area contributed by atoms with Gasteiger partial charge in [0.15, 0.2) is 0 Å². The van der Waals surface area contributed by atoms with Crippen LogP contribution in [-0.4, -0.2) is 17.9 Å². The molecule has 4 aliphatic rings. The van der Waals surface area contributed by atoms with Crippen LogP contribution in [-0.2, 0) is 14.3 Å². The van der Waals surface area contributed by atoms with E-state index in [4.69, 9.17) is 4.74 Å². The number of carbonyl (C=O) groups excluding carboxylic acids is 2. The zero-order valence-electron chi connectivity index (χ0n) is 26.7. The number of esters is 1. The van der Waals surface area contributed by atoms with Crippen LogP contribution < -0.4 is 0 Å². The highest BCUT2D eigenvalue weighted by atomic mass is 16.5. The van der Waals surface area contributed by atoms with Gasteiger partial charge in [0.2, 0.25) is 0 Å². The minimum atomic E-state index is -0.479. The Morgan fingerprint density at radius 2 is 1.61 bits per heavy atom. The summed E-state index contributed by atoms with van der Waals surface area (Å²) in [5.74, 6) is 2.75. The summed E-state index contributed by atoms with van der Waals surface area (Å²) < 4.78 is 6.20.